The minimum atomic E-state index is 0.226. The van der Waals surface area contributed by atoms with Gasteiger partial charge in [-0.3, -0.25) is 0 Å². The predicted molar refractivity (Wildman–Crippen MR) is 92.7 cm³/mol. The molecule has 1 heterocycles. The first-order valence-corrected chi connectivity index (χ1v) is 8.82. The Labute approximate surface area is 136 Å². The molecule has 0 aliphatic rings. The number of thiophene rings is 1. The summed E-state index contributed by atoms with van der Waals surface area (Å²) in [6.07, 6.45) is 0. The lowest BCUT2D eigenvalue weighted by atomic mass is 9.95. The summed E-state index contributed by atoms with van der Waals surface area (Å²) in [5, 5.41) is 0. The molecular weight excluding hydrogens is 384 g/mol. The highest BCUT2D eigenvalue weighted by atomic mass is 79.9. The molecule has 1 aromatic carbocycles. The van der Waals surface area contributed by atoms with E-state index < -0.39 is 0 Å². The van der Waals surface area contributed by atoms with Crippen molar-refractivity contribution in [3.63, 3.8) is 0 Å². The number of aryl methyl sites for hydroxylation is 1. The van der Waals surface area contributed by atoms with E-state index in [4.69, 9.17) is 0 Å². The average Bonchev–Trinajstić information content (AvgIpc) is 2.81. The molecular formula is C16H18Br2S. The van der Waals surface area contributed by atoms with Crippen LogP contribution in [0.25, 0.3) is 0 Å². The molecule has 0 aliphatic heterocycles. The van der Waals surface area contributed by atoms with Crippen LogP contribution in [0, 0.1) is 6.92 Å². The first-order chi connectivity index (χ1) is 8.79. The summed E-state index contributed by atoms with van der Waals surface area (Å²) < 4.78 is 1.17. The van der Waals surface area contributed by atoms with Crippen molar-refractivity contribution in [2.45, 2.75) is 37.9 Å². The molecule has 1 atom stereocenters. The lowest BCUT2D eigenvalue weighted by Crippen LogP contribution is -2.07. The number of hydrogen-bond donors (Lipinski definition) is 0. The highest BCUT2D eigenvalue weighted by Crippen LogP contribution is 2.39. The fourth-order valence-corrected chi connectivity index (χ4v) is 4.01. The van der Waals surface area contributed by atoms with Crippen molar-refractivity contribution in [1.29, 1.82) is 0 Å². The highest BCUT2D eigenvalue weighted by Gasteiger charge is 2.19. The SMILES string of the molecule is Cc1ccc(C(Br)c2ccc(C(C)(C)C)s2)cc1Br. The number of rotatable bonds is 2. The van der Waals surface area contributed by atoms with Crippen LogP contribution < -0.4 is 0 Å². The molecule has 1 unspecified atom stereocenters. The summed E-state index contributed by atoms with van der Waals surface area (Å²) in [5.74, 6) is 0. The molecule has 3 heteroatoms. The molecule has 1 aromatic heterocycles. The van der Waals surface area contributed by atoms with Gasteiger partial charge in [0.15, 0.2) is 0 Å². The number of hydrogen-bond acceptors (Lipinski definition) is 1. The van der Waals surface area contributed by atoms with Crippen molar-refractivity contribution in [3.05, 3.63) is 55.7 Å². The third-order valence-corrected chi connectivity index (χ3v) is 6.86. The van der Waals surface area contributed by atoms with Crippen LogP contribution in [0.3, 0.4) is 0 Å². The van der Waals surface area contributed by atoms with Gasteiger partial charge in [0.2, 0.25) is 0 Å². The van der Waals surface area contributed by atoms with Crippen LogP contribution >= 0.6 is 43.2 Å². The van der Waals surface area contributed by atoms with E-state index >= 15 is 0 Å². The molecule has 0 aliphatic carbocycles. The lowest BCUT2D eigenvalue weighted by Gasteiger charge is -2.16. The normalized spacial score (nSPS) is 13.6. The Morgan fingerprint density at radius 2 is 1.79 bits per heavy atom. The second kappa shape index (κ2) is 5.71. The molecule has 19 heavy (non-hydrogen) atoms. The van der Waals surface area contributed by atoms with Crippen molar-refractivity contribution >= 4 is 43.2 Å². The standard InChI is InChI=1S/C16H18Br2S/c1-10-5-6-11(9-12(10)17)15(18)13-7-8-14(19-13)16(2,3)4/h5-9,15H,1-4H3. The number of alkyl halides is 1. The molecule has 0 N–H and O–H groups in total. The van der Waals surface area contributed by atoms with Crippen molar-refractivity contribution in [2.24, 2.45) is 0 Å². The Kier molecular flexibility index (Phi) is 4.59. The summed E-state index contributed by atoms with van der Waals surface area (Å²) in [7, 11) is 0. The summed E-state index contributed by atoms with van der Waals surface area (Å²) in [4.78, 5) is 3.06. The molecule has 0 bridgehead atoms. The Morgan fingerprint density at radius 3 is 2.32 bits per heavy atom. The third kappa shape index (κ3) is 3.50. The fraction of sp³-hybridized carbons (Fsp3) is 0.375. The predicted octanol–water partition coefficient (Wildman–Crippen LogP) is 6.60. The van der Waals surface area contributed by atoms with Crippen LogP contribution in [-0.4, -0.2) is 0 Å². The third-order valence-electron chi connectivity index (χ3n) is 3.10. The maximum atomic E-state index is 3.82. The molecule has 0 radical (unpaired) electrons. The van der Waals surface area contributed by atoms with Gasteiger partial charge in [0.1, 0.15) is 0 Å². The van der Waals surface area contributed by atoms with Crippen LogP contribution in [0.5, 0.6) is 0 Å². The summed E-state index contributed by atoms with van der Waals surface area (Å²) >= 11 is 9.32. The van der Waals surface area contributed by atoms with Gasteiger partial charge in [-0.2, -0.15) is 0 Å². The van der Waals surface area contributed by atoms with Crippen molar-refractivity contribution in [3.8, 4) is 0 Å². The summed E-state index contributed by atoms with van der Waals surface area (Å²) in [6, 6.07) is 11.0. The fourth-order valence-electron chi connectivity index (χ4n) is 1.82. The zero-order valence-electron chi connectivity index (χ0n) is 11.6. The van der Waals surface area contributed by atoms with E-state index in [2.05, 4.69) is 89.9 Å². The maximum absolute atomic E-state index is 3.82. The topological polar surface area (TPSA) is 0 Å². The van der Waals surface area contributed by atoms with Gasteiger partial charge in [-0.25, -0.2) is 0 Å². The molecule has 0 fully saturated rings. The van der Waals surface area contributed by atoms with Crippen molar-refractivity contribution < 1.29 is 0 Å². The number of benzene rings is 1. The minimum absolute atomic E-state index is 0.226. The largest absolute Gasteiger partial charge is 0.143 e. The second-order valence-corrected chi connectivity index (χ2v) is 8.71. The molecule has 0 saturated heterocycles. The molecule has 2 aromatic rings. The van der Waals surface area contributed by atoms with Crippen LogP contribution in [0.2, 0.25) is 0 Å². The van der Waals surface area contributed by atoms with Gasteiger partial charge in [0.05, 0.1) is 4.83 Å². The van der Waals surface area contributed by atoms with Gasteiger partial charge in [-0.1, -0.05) is 64.8 Å². The lowest BCUT2D eigenvalue weighted by molar-refractivity contribution is 0.604. The molecule has 0 saturated carbocycles. The van der Waals surface area contributed by atoms with Crippen molar-refractivity contribution in [2.75, 3.05) is 0 Å². The Hall–Kier alpha value is -0.120. The second-order valence-electron chi connectivity index (χ2n) is 5.82. The molecule has 0 spiro atoms. The Balaban J connectivity index is 2.31. The van der Waals surface area contributed by atoms with E-state index in [1.54, 1.807) is 0 Å². The molecule has 102 valence electrons. The smallest absolute Gasteiger partial charge is 0.0738 e. The van der Waals surface area contributed by atoms with Gasteiger partial charge in [-0.15, -0.1) is 11.3 Å². The van der Waals surface area contributed by atoms with Crippen LogP contribution in [0.1, 0.15) is 46.5 Å². The van der Waals surface area contributed by atoms with Crippen LogP contribution in [-0.2, 0) is 5.41 Å². The zero-order valence-corrected chi connectivity index (χ0v) is 15.6. The van der Waals surface area contributed by atoms with E-state index in [1.807, 2.05) is 11.3 Å². The molecule has 0 nitrogen and oxygen atoms in total. The molecule has 2 rings (SSSR count). The van der Waals surface area contributed by atoms with Gasteiger partial charge < -0.3 is 0 Å². The van der Waals surface area contributed by atoms with E-state index in [-0.39, 0.29) is 10.2 Å². The maximum Gasteiger partial charge on any atom is 0.0738 e. The van der Waals surface area contributed by atoms with Gasteiger partial charge in [-0.05, 0) is 41.7 Å². The van der Waals surface area contributed by atoms with Crippen LogP contribution in [0.4, 0.5) is 0 Å². The first-order valence-electron chi connectivity index (χ1n) is 6.29. The average molecular weight is 402 g/mol. The Bertz CT molecular complexity index is 579. The summed E-state index contributed by atoms with van der Waals surface area (Å²) in [5.41, 5.74) is 2.79. The van der Waals surface area contributed by atoms with Crippen molar-refractivity contribution in [1.82, 2.24) is 0 Å². The molecule has 0 amide bonds. The van der Waals surface area contributed by atoms with E-state index in [0.717, 1.165) is 0 Å². The van der Waals surface area contributed by atoms with Gasteiger partial charge in [0, 0.05) is 14.2 Å². The van der Waals surface area contributed by atoms with Gasteiger partial charge in [0.25, 0.3) is 0 Å². The zero-order chi connectivity index (χ0) is 14.2. The first kappa shape index (κ1) is 15.3. The van der Waals surface area contributed by atoms with Gasteiger partial charge >= 0.3 is 0 Å². The van der Waals surface area contributed by atoms with E-state index in [1.165, 1.54) is 25.4 Å². The minimum Gasteiger partial charge on any atom is -0.143 e. The monoisotopic (exact) mass is 400 g/mol. The van der Waals surface area contributed by atoms with E-state index in [0.29, 0.717) is 0 Å². The van der Waals surface area contributed by atoms with Crippen LogP contribution in [0.15, 0.2) is 34.8 Å². The number of halogens is 2. The Morgan fingerprint density at radius 1 is 1.11 bits per heavy atom. The summed E-state index contributed by atoms with van der Waals surface area (Å²) in [6.45, 7) is 8.89. The van der Waals surface area contributed by atoms with E-state index in [9.17, 15) is 0 Å². The quantitative estimate of drug-likeness (QED) is 0.497. The highest BCUT2D eigenvalue weighted by molar-refractivity contribution is 9.10.